The number of aliphatic imine (C=N–C) groups is 1. The lowest BCUT2D eigenvalue weighted by atomic mass is 9.95. The molecule has 0 fully saturated rings. The topological polar surface area (TPSA) is 18.8 Å². The lowest BCUT2D eigenvalue weighted by molar-refractivity contribution is 0.541. The first-order chi connectivity index (χ1) is 12.3. The first-order valence-corrected chi connectivity index (χ1v) is 9.36. The highest BCUT2D eigenvalue weighted by atomic mass is 35.5. The molecule has 0 bridgehead atoms. The van der Waals surface area contributed by atoms with E-state index in [1.165, 1.54) is 40.6 Å². The predicted octanol–water partition coefficient (Wildman–Crippen LogP) is 5.12. The van der Waals surface area contributed by atoms with E-state index in [9.17, 15) is 0 Å². The van der Waals surface area contributed by atoms with Crippen LogP contribution < -0.4 is 4.90 Å². The number of hydrogen-bond acceptors (Lipinski definition) is 3. The summed E-state index contributed by atoms with van der Waals surface area (Å²) in [5, 5.41) is 0.801. The molecule has 0 atom stereocenters. The van der Waals surface area contributed by atoms with E-state index >= 15 is 0 Å². The van der Waals surface area contributed by atoms with E-state index in [0.717, 1.165) is 37.4 Å². The van der Waals surface area contributed by atoms with Gasteiger partial charge in [0.25, 0.3) is 0 Å². The summed E-state index contributed by atoms with van der Waals surface area (Å²) < 4.78 is 0. The molecule has 3 aliphatic rings. The Balaban J connectivity index is 1.65. The van der Waals surface area contributed by atoms with Gasteiger partial charge >= 0.3 is 0 Å². The van der Waals surface area contributed by atoms with Gasteiger partial charge in [0.05, 0.1) is 11.4 Å². The number of rotatable bonds is 1. The van der Waals surface area contributed by atoms with Crippen molar-refractivity contribution in [1.29, 1.82) is 0 Å². The Morgan fingerprint density at radius 1 is 1.00 bits per heavy atom. The van der Waals surface area contributed by atoms with Crippen molar-refractivity contribution in [1.82, 2.24) is 4.90 Å². The molecule has 4 heteroatoms. The maximum Gasteiger partial charge on any atom is 0.114 e. The Labute approximate surface area is 153 Å². The lowest BCUT2D eigenvalue weighted by Crippen LogP contribution is -2.36. The van der Waals surface area contributed by atoms with Crippen LogP contribution in [-0.4, -0.2) is 23.8 Å². The Kier molecular flexibility index (Phi) is 3.56. The van der Waals surface area contributed by atoms with Gasteiger partial charge in [-0.15, -0.1) is 0 Å². The predicted molar refractivity (Wildman–Crippen MR) is 104 cm³/mol. The van der Waals surface area contributed by atoms with Crippen LogP contribution in [0, 0.1) is 0 Å². The van der Waals surface area contributed by atoms with E-state index in [4.69, 9.17) is 16.6 Å². The zero-order chi connectivity index (χ0) is 16.8. The SMILES string of the molecule is Clc1ccc2c(c1)Cc1ccccc1N2C1=CCCN1C1=NCCC1. The maximum absolute atomic E-state index is 6.28. The van der Waals surface area contributed by atoms with Crippen molar-refractivity contribution in [3.8, 4) is 0 Å². The number of amidine groups is 1. The zero-order valence-electron chi connectivity index (χ0n) is 14.1. The number of hydrogen-bond donors (Lipinski definition) is 0. The summed E-state index contributed by atoms with van der Waals surface area (Å²) in [6.45, 7) is 1.98. The highest BCUT2D eigenvalue weighted by Gasteiger charge is 2.32. The van der Waals surface area contributed by atoms with Crippen LogP contribution in [0.1, 0.15) is 30.4 Å². The minimum atomic E-state index is 0.801. The number of para-hydroxylation sites is 1. The van der Waals surface area contributed by atoms with Gasteiger partial charge in [0.15, 0.2) is 0 Å². The molecule has 0 N–H and O–H groups in total. The van der Waals surface area contributed by atoms with Gasteiger partial charge in [-0.25, -0.2) is 0 Å². The molecule has 2 aromatic rings. The number of benzene rings is 2. The largest absolute Gasteiger partial charge is 0.316 e. The molecule has 126 valence electrons. The van der Waals surface area contributed by atoms with Gasteiger partial charge in [-0.2, -0.15) is 0 Å². The summed E-state index contributed by atoms with van der Waals surface area (Å²) in [4.78, 5) is 9.55. The Morgan fingerprint density at radius 2 is 1.88 bits per heavy atom. The fourth-order valence-electron chi connectivity index (χ4n) is 4.14. The third-order valence-electron chi connectivity index (χ3n) is 5.25. The van der Waals surface area contributed by atoms with Crippen LogP contribution in [0.5, 0.6) is 0 Å². The molecule has 2 aromatic carbocycles. The third kappa shape index (κ3) is 2.46. The molecule has 0 aliphatic carbocycles. The molecule has 3 heterocycles. The first-order valence-electron chi connectivity index (χ1n) is 8.99. The van der Waals surface area contributed by atoms with Gasteiger partial charge < -0.3 is 4.90 Å². The van der Waals surface area contributed by atoms with Crippen molar-refractivity contribution >= 4 is 28.8 Å². The normalized spacial score (nSPS) is 18.8. The number of nitrogens with zero attached hydrogens (tertiary/aromatic N) is 3. The summed E-state index contributed by atoms with van der Waals surface area (Å²) in [6, 6.07) is 14.9. The summed E-state index contributed by atoms with van der Waals surface area (Å²) in [5.74, 6) is 2.48. The van der Waals surface area contributed by atoms with Crippen LogP contribution in [0.25, 0.3) is 0 Å². The van der Waals surface area contributed by atoms with E-state index in [2.05, 4.69) is 52.3 Å². The molecule has 3 aliphatic heterocycles. The molecule has 0 amide bonds. The van der Waals surface area contributed by atoms with E-state index in [0.29, 0.717) is 0 Å². The number of anilines is 2. The molecule has 0 saturated carbocycles. The number of fused-ring (bicyclic) bond motifs is 2. The molecule has 3 nitrogen and oxygen atoms in total. The second-order valence-corrected chi connectivity index (χ2v) is 7.25. The molecule has 0 radical (unpaired) electrons. The van der Waals surface area contributed by atoms with Crippen molar-refractivity contribution in [3.63, 3.8) is 0 Å². The van der Waals surface area contributed by atoms with Gasteiger partial charge in [-0.3, -0.25) is 9.89 Å². The van der Waals surface area contributed by atoms with Crippen LogP contribution in [0.3, 0.4) is 0 Å². The monoisotopic (exact) mass is 349 g/mol. The Morgan fingerprint density at radius 3 is 2.76 bits per heavy atom. The Hall–Kier alpha value is -2.26. The molecule has 5 rings (SSSR count). The van der Waals surface area contributed by atoms with Gasteiger partial charge in [0, 0.05) is 31.0 Å². The second-order valence-electron chi connectivity index (χ2n) is 6.82. The van der Waals surface area contributed by atoms with Crippen LogP contribution in [0.2, 0.25) is 5.02 Å². The smallest absolute Gasteiger partial charge is 0.114 e. The van der Waals surface area contributed by atoms with Crippen LogP contribution >= 0.6 is 11.6 Å². The molecule has 0 aromatic heterocycles. The van der Waals surface area contributed by atoms with Crippen LogP contribution in [-0.2, 0) is 6.42 Å². The summed E-state index contributed by atoms with van der Waals surface area (Å²) in [6.07, 6.45) is 6.59. The lowest BCUT2D eigenvalue weighted by Gasteiger charge is -2.38. The zero-order valence-corrected chi connectivity index (χ0v) is 14.8. The molecule has 0 spiro atoms. The highest BCUT2D eigenvalue weighted by molar-refractivity contribution is 6.30. The first kappa shape index (κ1) is 15.0. The van der Waals surface area contributed by atoms with Crippen molar-refractivity contribution in [2.75, 3.05) is 18.0 Å². The molecule has 0 saturated heterocycles. The van der Waals surface area contributed by atoms with Gasteiger partial charge in [-0.05, 0) is 54.3 Å². The average molecular weight is 350 g/mol. The fourth-order valence-corrected chi connectivity index (χ4v) is 4.33. The standard InChI is InChI=1S/C21H20ClN3/c22-17-9-10-19-16(14-17)13-15-5-1-2-6-18(15)25(19)21-8-4-12-24(21)20-7-3-11-23-20/h1-2,5-6,8-10,14H,3-4,7,11-13H2. The van der Waals surface area contributed by atoms with Gasteiger partial charge in [0.1, 0.15) is 11.7 Å². The molecular weight excluding hydrogens is 330 g/mol. The highest BCUT2D eigenvalue weighted by Crippen LogP contribution is 2.43. The Bertz CT molecular complexity index is 900. The van der Waals surface area contributed by atoms with Crippen molar-refractivity contribution < 1.29 is 0 Å². The van der Waals surface area contributed by atoms with Gasteiger partial charge in [0.2, 0.25) is 0 Å². The minimum absolute atomic E-state index is 0.801. The van der Waals surface area contributed by atoms with Crippen LogP contribution in [0.4, 0.5) is 11.4 Å². The van der Waals surface area contributed by atoms with Gasteiger partial charge in [-0.1, -0.05) is 29.8 Å². The van der Waals surface area contributed by atoms with E-state index in [-0.39, 0.29) is 0 Å². The van der Waals surface area contributed by atoms with Crippen molar-refractivity contribution in [2.45, 2.75) is 25.7 Å². The molecule has 25 heavy (non-hydrogen) atoms. The minimum Gasteiger partial charge on any atom is -0.316 e. The average Bonchev–Trinajstić information content (AvgIpc) is 3.30. The van der Waals surface area contributed by atoms with Crippen molar-refractivity contribution in [3.05, 3.63) is 70.5 Å². The second kappa shape index (κ2) is 5.92. The summed E-state index contributed by atoms with van der Waals surface area (Å²) in [5.41, 5.74) is 5.14. The van der Waals surface area contributed by atoms with Crippen molar-refractivity contribution in [2.24, 2.45) is 4.99 Å². The van der Waals surface area contributed by atoms with Crippen LogP contribution in [0.15, 0.2) is 59.4 Å². The summed E-state index contributed by atoms with van der Waals surface area (Å²) >= 11 is 6.28. The van der Waals surface area contributed by atoms with E-state index in [1.807, 2.05) is 6.07 Å². The third-order valence-corrected chi connectivity index (χ3v) is 5.48. The van der Waals surface area contributed by atoms with E-state index in [1.54, 1.807) is 0 Å². The fraction of sp³-hybridized carbons (Fsp3) is 0.286. The number of halogens is 1. The quantitative estimate of drug-likeness (QED) is 0.711. The van der Waals surface area contributed by atoms with E-state index < -0.39 is 0 Å². The maximum atomic E-state index is 6.28. The summed E-state index contributed by atoms with van der Waals surface area (Å²) in [7, 11) is 0. The molecule has 0 unspecified atom stereocenters. The molecular formula is C21H20ClN3.